The Labute approximate surface area is 156 Å². The molecule has 2 aromatic rings. The van der Waals surface area contributed by atoms with Crippen LogP contribution < -0.4 is 15.0 Å². The zero-order chi connectivity index (χ0) is 18.5. The Morgan fingerprint density at radius 3 is 2.73 bits per heavy atom. The van der Waals surface area contributed by atoms with E-state index in [4.69, 9.17) is 21.1 Å². The third kappa shape index (κ3) is 4.46. The lowest BCUT2D eigenvalue weighted by atomic mass is 10.2. The highest BCUT2D eigenvalue weighted by molar-refractivity contribution is 6.30. The summed E-state index contributed by atoms with van der Waals surface area (Å²) in [6.07, 6.45) is -0.795. The summed E-state index contributed by atoms with van der Waals surface area (Å²) < 4.78 is 10.9. The molecular weight excluding hydrogens is 356 g/mol. The quantitative estimate of drug-likeness (QED) is 0.871. The summed E-state index contributed by atoms with van der Waals surface area (Å²) in [5.41, 5.74) is 1.72. The highest BCUT2D eigenvalue weighted by Crippen LogP contribution is 2.26. The third-order valence-corrected chi connectivity index (χ3v) is 4.25. The van der Waals surface area contributed by atoms with Gasteiger partial charge >= 0.3 is 6.09 Å². The summed E-state index contributed by atoms with van der Waals surface area (Å²) in [6.45, 7) is 0.750. The van der Waals surface area contributed by atoms with Gasteiger partial charge in [-0.3, -0.25) is 4.79 Å². The third-order valence-electron chi connectivity index (χ3n) is 4.01. The van der Waals surface area contributed by atoms with Crippen molar-refractivity contribution in [3.05, 3.63) is 59.1 Å². The molecule has 0 aliphatic carbocycles. The van der Waals surface area contributed by atoms with Crippen LogP contribution in [0.1, 0.15) is 12.0 Å². The van der Waals surface area contributed by atoms with Gasteiger partial charge in [0, 0.05) is 17.8 Å². The van der Waals surface area contributed by atoms with Crippen LogP contribution in [0, 0.1) is 0 Å². The fourth-order valence-electron chi connectivity index (χ4n) is 2.73. The molecule has 1 fully saturated rings. The standard InChI is InChI=1S/C19H19ClN2O4/c1-21-19(24)26-17-10-18(23)22(11-17)15-5-7-16(8-6-15)25-12-13-3-2-4-14(20)9-13/h2-9,17H,10-12H2,1H3,(H,21,24). The molecule has 0 saturated carbocycles. The molecule has 0 aromatic heterocycles. The molecule has 1 aliphatic heterocycles. The van der Waals surface area contributed by atoms with Crippen molar-refractivity contribution in [2.75, 3.05) is 18.5 Å². The molecule has 1 atom stereocenters. The van der Waals surface area contributed by atoms with Crippen molar-refractivity contribution < 1.29 is 19.1 Å². The first-order chi connectivity index (χ1) is 12.5. The van der Waals surface area contributed by atoms with E-state index in [9.17, 15) is 9.59 Å². The molecule has 0 bridgehead atoms. The summed E-state index contributed by atoms with van der Waals surface area (Å²) in [5, 5.41) is 3.05. The zero-order valence-corrected chi connectivity index (χ0v) is 15.0. The topological polar surface area (TPSA) is 67.9 Å². The number of hydrogen-bond acceptors (Lipinski definition) is 4. The zero-order valence-electron chi connectivity index (χ0n) is 14.3. The molecule has 0 radical (unpaired) electrons. The van der Waals surface area contributed by atoms with Crippen LogP contribution in [0.15, 0.2) is 48.5 Å². The van der Waals surface area contributed by atoms with Gasteiger partial charge in [-0.05, 0) is 42.0 Å². The molecule has 1 unspecified atom stereocenters. The van der Waals surface area contributed by atoms with Crippen molar-refractivity contribution in [2.24, 2.45) is 0 Å². The number of hydrogen-bond donors (Lipinski definition) is 1. The maximum Gasteiger partial charge on any atom is 0.407 e. The maximum atomic E-state index is 12.2. The minimum atomic E-state index is -0.533. The summed E-state index contributed by atoms with van der Waals surface area (Å²) in [6, 6.07) is 14.7. The van der Waals surface area contributed by atoms with Crippen molar-refractivity contribution in [3.63, 3.8) is 0 Å². The molecule has 1 aliphatic rings. The molecule has 1 heterocycles. The van der Waals surface area contributed by atoms with Gasteiger partial charge in [0.1, 0.15) is 18.5 Å². The van der Waals surface area contributed by atoms with Crippen LogP contribution in [-0.4, -0.2) is 31.7 Å². The highest BCUT2D eigenvalue weighted by Gasteiger charge is 2.33. The number of carbonyl (C=O) groups excluding carboxylic acids is 2. The first-order valence-electron chi connectivity index (χ1n) is 8.21. The van der Waals surface area contributed by atoms with Crippen molar-refractivity contribution in [1.29, 1.82) is 0 Å². The summed E-state index contributed by atoms with van der Waals surface area (Å²) in [5.74, 6) is 0.616. The second-order valence-electron chi connectivity index (χ2n) is 5.90. The summed E-state index contributed by atoms with van der Waals surface area (Å²) in [7, 11) is 1.49. The highest BCUT2D eigenvalue weighted by atomic mass is 35.5. The Kier molecular flexibility index (Phi) is 5.63. The number of ether oxygens (including phenoxy) is 2. The Hall–Kier alpha value is -2.73. The predicted octanol–water partition coefficient (Wildman–Crippen LogP) is 3.38. The average molecular weight is 375 g/mol. The molecule has 1 N–H and O–H groups in total. The molecule has 1 saturated heterocycles. The van der Waals surface area contributed by atoms with Gasteiger partial charge in [0.05, 0.1) is 13.0 Å². The largest absolute Gasteiger partial charge is 0.489 e. The van der Waals surface area contributed by atoms with Crippen LogP contribution in [0.3, 0.4) is 0 Å². The van der Waals surface area contributed by atoms with Crippen LogP contribution in [0.5, 0.6) is 5.75 Å². The van der Waals surface area contributed by atoms with Gasteiger partial charge < -0.3 is 19.7 Å². The normalized spacial score (nSPS) is 16.5. The van der Waals surface area contributed by atoms with Gasteiger partial charge in [-0.1, -0.05) is 23.7 Å². The van der Waals surface area contributed by atoms with Gasteiger partial charge in [0.15, 0.2) is 0 Å². The molecule has 6 nitrogen and oxygen atoms in total. The van der Waals surface area contributed by atoms with E-state index in [1.807, 2.05) is 36.4 Å². The van der Waals surface area contributed by atoms with Gasteiger partial charge in [-0.15, -0.1) is 0 Å². The number of anilines is 1. The van der Waals surface area contributed by atoms with E-state index in [2.05, 4.69) is 5.32 Å². The molecule has 2 amide bonds. The number of benzene rings is 2. The van der Waals surface area contributed by atoms with Crippen LogP contribution in [-0.2, 0) is 16.1 Å². The van der Waals surface area contributed by atoms with Crippen LogP contribution >= 0.6 is 11.6 Å². The first-order valence-corrected chi connectivity index (χ1v) is 8.59. The minimum absolute atomic E-state index is 0.0773. The van der Waals surface area contributed by atoms with E-state index in [-0.39, 0.29) is 12.3 Å². The Bertz CT molecular complexity index is 794. The molecule has 0 spiro atoms. The monoisotopic (exact) mass is 374 g/mol. The van der Waals surface area contributed by atoms with Crippen molar-refractivity contribution in [3.8, 4) is 5.75 Å². The average Bonchev–Trinajstić information content (AvgIpc) is 3.00. The van der Waals surface area contributed by atoms with Gasteiger partial charge in [0.25, 0.3) is 0 Å². The number of nitrogens with zero attached hydrogens (tertiary/aromatic N) is 1. The van der Waals surface area contributed by atoms with Gasteiger partial charge in [0.2, 0.25) is 5.91 Å². The molecular formula is C19H19ClN2O4. The lowest BCUT2D eigenvalue weighted by molar-refractivity contribution is -0.117. The van der Waals surface area contributed by atoms with Crippen LogP contribution in [0.25, 0.3) is 0 Å². The molecule has 136 valence electrons. The smallest absolute Gasteiger partial charge is 0.407 e. The predicted molar refractivity (Wildman–Crippen MR) is 98.5 cm³/mol. The lowest BCUT2D eigenvalue weighted by Gasteiger charge is -2.17. The number of halogens is 1. The SMILES string of the molecule is CNC(=O)OC1CC(=O)N(c2ccc(OCc3cccc(Cl)c3)cc2)C1. The Morgan fingerprint density at radius 2 is 2.04 bits per heavy atom. The maximum absolute atomic E-state index is 12.2. The van der Waals surface area contributed by atoms with E-state index >= 15 is 0 Å². The molecule has 3 rings (SSSR count). The van der Waals surface area contributed by atoms with Crippen molar-refractivity contribution in [1.82, 2.24) is 5.32 Å². The molecule has 7 heteroatoms. The fraction of sp³-hybridized carbons (Fsp3) is 0.263. The number of carbonyl (C=O) groups is 2. The van der Waals surface area contributed by atoms with Gasteiger partial charge in [-0.25, -0.2) is 4.79 Å². The number of amides is 2. The number of nitrogens with one attached hydrogen (secondary N) is 1. The van der Waals surface area contributed by atoms with E-state index < -0.39 is 12.2 Å². The molecule has 26 heavy (non-hydrogen) atoms. The van der Waals surface area contributed by atoms with Crippen LogP contribution in [0.4, 0.5) is 10.5 Å². The van der Waals surface area contributed by atoms with E-state index in [1.165, 1.54) is 7.05 Å². The first kappa shape index (κ1) is 18.1. The number of rotatable bonds is 5. The van der Waals surface area contributed by atoms with Gasteiger partial charge in [-0.2, -0.15) is 0 Å². The Balaban J connectivity index is 1.59. The number of alkyl carbamates (subject to hydrolysis) is 1. The lowest BCUT2D eigenvalue weighted by Crippen LogP contribution is -2.29. The fourth-order valence-corrected chi connectivity index (χ4v) is 2.94. The summed E-state index contributed by atoms with van der Waals surface area (Å²) in [4.78, 5) is 25.0. The van der Waals surface area contributed by atoms with E-state index in [0.717, 1.165) is 11.3 Å². The van der Waals surface area contributed by atoms with E-state index in [1.54, 1.807) is 17.0 Å². The van der Waals surface area contributed by atoms with Crippen molar-refractivity contribution in [2.45, 2.75) is 19.1 Å². The van der Waals surface area contributed by atoms with Crippen LogP contribution in [0.2, 0.25) is 5.02 Å². The van der Waals surface area contributed by atoms with E-state index in [0.29, 0.717) is 23.9 Å². The molecule has 2 aromatic carbocycles. The second kappa shape index (κ2) is 8.10. The summed E-state index contributed by atoms with van der Waals surface area (Å²) >= 11 is 5.96. The Morgan fingerprint density at radius 1 is 1.27 bits per heavy atom. The second-order valence-corrected chi connectivity index (χ2v) is 6.33. The van der Waals surface area contributed by atoms with Crippen molar-refractivity contribution >= 4 is 29.3 Å². The minimum Gasteiger partial charge on any atom is -0.489 e.